The highest BCUT2D eigenvalue weighted by Gasteiger charge is 2.08. The monoisotopic (exact) mass is 461 g/mol. The van der Waals surface area contributed by atoms with Crippen molar-refractivity contribution < 1.29 is 19.1 Å². The Bertz CT molecular complexity index is 1130. The molecule has 7 nitrogen and oxygen atoms in total. The van der Waals surface area contributed by atoms with Gasteiger partial charge in [-0.05, 0) is 54.2 Å². The van der Waals surface area contributed by atoms with Crippen LogP contribution in [-0.4, -0.2) is 24.0 Å². The molecule has 0 aliphatic rings. The van der Waals surface area contributed by atoms with Crippen LogP contribution in [0.4, 0.5) is 0 Å². The Morgan fingerprint density at radius 3 is 2.33 bits per heavy atom. The van der Waals surface area contributed by atoms with Gasteiger partial charge in [0.05, 0.1) is 7.11 Å². The van der Waals surface area contributed by atoms with E-state index in [1.807, 2.05) is 48.5 Å². The molecule has 0 spiro atoms. The van der Waals surface area contributed by atoms with Gasteiger partial charge in [0.1, 0.15) is 18.1 Å². The van der Waals surface area contributed by atoms with Gasteiger partial charge in [-0.15, -0.1) is 0 Å². The Balaban J connectivity index is 1.43. The zero-order valence-corrected chi connectivity index (χ0v) is 18.7. The van der Waals surface area contributed by atoms with Gasteiger partial charge < -0.3 is 9.47 Å². The summed E-state index contributed by atoms with van der Waals surface area (Å²) in [5.41, 5.74) is 7.15. The Kier molecular flexibility index (Phi) is 8.55. The Labute approximate surface area is 197 Å². The SMILES string of the molecule is COc1ccccc1/C=C/C(=O)NC(=S)NNC(=O)c1ccc(OCc2ccccc2)cc1. The smallest absolute Gasteiger partial charge is 0.269 e. The van der Waals surface area contributed by atoms with Crippen molar-refractivity contribution in [1.29, 1.82) is 0 Å². The average molecular weight is 462 g/mol. The van der Waals surface area contributed by atoms with Crippen molar-refractivity contribution in [2.75, 3.05) is 7.11 Å². The van der Waals surface area contributed by atoms with Crippen LogP contribution in [0.5, 0.6) is 11.5 Å². The predicted octanol–water partition coefficient (Wildman–Crippen LogP) is 3.62. The van der Waals surface area contributed by atoms with E-state index in [9.17, 15) is 9.59 Å². The molecule has 3 aromatic rings. The van der Waals surface area contributed by atoms with E-state index in [0.717, 1.165) is 11.1 Å². The summed E-state index contributed by atoms with van der Waals surface area (Å²) in [5, 5.41) is 2.41. The van der Waals surface area contributed by atoms with Crippen molar-refractivity contribution in [3.63, 3.8) is 0 Å². The zero-order valence-electron chi connectivity index (χ0n) is 17.9. The van der Waals surface area contributed by atoms with E-state index < -0.39 is 11.8 Å². The van der Waals surface area contributed by atoms with E-state index in [-0.39, 0.29) is 5.11 Å². The average Bonchev–Trinajstić information content (AvgIpc) is 2.86. The molecule has 2 amide bonds. The molecule has 0 aromatic heterocycles. The van der Waals surface area contributed by atoms with Crippen LogP contribution in [0.3, 0.4) is 0 Å². The summed E-state index contributed by atoms with van der Waals surface area (Å²) in [6, 6.07) is 23.8. The first kappa shape index (κ1) is 23.5. The van der Waals surface area contributed by atoms with E-state index >= 15 is 0 Å². The Morgan fingerprint density at radius 1 is 0.909 bits per heavy atom. The second kappa shape index (κ2) is 12.0. The van der Waals surface area contributed by atoms with Crippen LogP contribution in [0.2, 0.25) is 0 Å². The Hall–Kier alpha value is -4.17. The van der Waals surface area contributed by atoms with Gasteiger partial charge in [0.15, 0.2) is 5.11 Å². The topological polar surface area (TPSA) is 88.7 Å². The molecule has 0 radical (unpaired) electrons. The number of thiocarbonyl (C=S) groups is 1. The third-order valence-electron chi connectivity index (χ3n) is 4.44. The van der Waals surface area contributed by atoms with Gasteiger partial charge in [0, 0.05) is 17.2 Å². The van der Waals surface area contributed by atoms with Crippen molar-refractivity contribution in [3.8, 4) is 11.5 Å². The maximum Gasteiger partial charge on any atom is 0.269 e. The van der Waals surface area contributed by atoms with Gasteiger partial charge in [-0.1, -0.05) is 48.5 Å². The number of carbonyl (C=O) groups excluding carboxylic acids is 2. The number of para-hydroxylation sites is 1. The third kappa shape index (κ3) is 7.48. The van der Waals surface area contributed by atoms with E-state index in [2.05, 4.69) is 16.2 Å². The van der Waals surface area contributed by atoms with Crippen LogP contribution in [0.25, 0.3) is 6.08 Å². The van der Waals surface area contributed by atoms with E-state index in [0.29, 0.717) is 23.7 Å². The summed E-state index contributed by atoms with van der Waals surface area (Å²) >= 11 is 5.04. The van der Waals surface area contributed by atoms with Gasteiger partial charge in [0.25, 0.3) is 5.91 Å². The first-order valence-corrected chi connectivity index (χ1v) is 10.4. The van der Waals surface area contributed by atoms with Crippen LogP contribution in [0.15, 0.2) is 84.9 Å². The lowest BCUT2D eigenvalue weighted by molar-refractivity contribution is -0.115. The fourth-order valence-electron chi connectivity index (χ4n) is 2.78. The minimum absolute atomic E-state index is 0.0409. The molecule has 0 saturated heterocycles. The number of amides is 2. The number of hydrogen-bond donors (Lipinski definition) is 3. The van der Waals surface area contributed by atoms with Gasteiger partial charge in [-0.2, -0.15) is 0 Å². The van der Waals surface area contributed by atoms with Crippen molar-refractivity contribution in [2.45, 2.75) is 6.61 Å². The Morgan fingerprint density at radius 2 is 1.61 bits per heavy atom. The minimum Gasteiger partial charge on any atom is -0.496 e. The zero-order chi connectivity index (χ0) is 23.5. The number of ether oxygens (including phenoxy) is 2. The molecule has 0 saturated carbocycles. The van der Waals surface area contributed by atoms with E-state index in [1.165, 1.54) is 6.08 Å². The lowest BCUT2D eigenvalue weighted by atomic mass is 10.2. The van der Waals surface area contributed by atoms with Gasteiger partial charge >= 0.3 is 0 Å². The number of hydrogen-bond acceptors (Lipinski definition) is 5. The lowest BCUT2D eigenvalue weighted by Gasteiger charge is -2.10. The van der Waals surface area contributed by atoms with Crippen LogP contribution >= 0.6 is 12.2 Å². The molecule has 0 aliphatic carbocycles. The van der Waals surface area contributed by atoms with Crippen molar-refractivity contribution in [2.24, 2.45) is 0 Å². The normalized spacial score (nSPS) is 10.3. The predicted molar refractivity (Wildman–Crippen MR) is 131 cm³/mol. The fourth-order valence-corrected chi connectivity index (χ4v) is 2.94. The molecule has 3 N–H and O–H groups in total. The minimum atomic E-state index is -0.451. The molecule has 8 heteroatoms. The van der Waals surface area contributed by atoms with Gasteiger partial charge in [-0.25, -0.2) is 0 Å². The van der Waals surface area contributed by atoms with Crippen molar-refractivity contribution in [1.82, 2.24) is 16.2 Å². The molecule has 0 aliphatic heterocycles. The number of methoxy groups -OCH3 is 1. The molecule has 0 heterocycles. The van der Waals surface area contributed by atoms with Gasteiger partial charge in [-0.3, -0.25) is 25.8 Å². The highest BCUT2D eigenvalue weighted by atomic mass is 32.1. The number of rotatable bonds is 7. The van der Waals surface area contributed by atoms with Crippen molar-refractivity contribution >= 4 is 35.2 Å². The molecule has 0 unspecified atom stereocenters. The molecule has 0 atom stereocenters. The summed E-state index contributed by atoms with van der Waals surface area (Å²) in [7, 11) is 1.56. The summed E-state index contributed by atoms with van der Waals surface area (Å²) in [6.45, 7) is 0.438. The molecule has 33 heavy (non-hydrogen) atoms. The summed E-state index contributed by atoms with van der Waals surface area (Å²) in [4.78, 5) is 24.3. The molecule has 3 aromatic carbocycles. The maximum absolute atomic E-state index is 12.3. The fraction of sp³-hybridized carbons (Fsp3) is 0.0800. The second-order valence-electron chi connectivity index (χ2n) is 6.77. The standard InChI is InChI=1S/C25H23N3O4S/c1-31-22-10-6-5-9-19(22)13-16-23(29)26-25(33)28-27-24(30)20-11-14-21(15-12-20)32-17-18-7-3-2-4-8-18/h2-16H,17H2,1H3,(H,27,30)(H2,26,28,29,33)/b16-13+. The van der Waals surface area contributed by atoms with Crippen LogP contribution < -0.4 is 25.6 Å². The van der Waals surface area contributed by atoms with E-state index in [4.69, 9.17) is 21.7 Å². The maximum atomic E-state index is 12.3. The molecule has 3 rings (SSSR count). The largest absolute Gasteiger partial charge is 0.496 e. The molecule has 168 valence electrons. The summed E-state index contributed by atoms with van der Waals surface area (Å²) in [5.74, 6) is 0.428. The second-order valence-corrected chi connectivity index (χ2v) is 7.18. The highest BCUT2D eigenvalue weighted by Crippen LogP contribution is 2.18. The van der Waals surface area contributed by atoms with Gasteiger partial charge in [0.2, 0.25) is 5.91 Å². The summed E-state index contributed by atoms with van der Waals surface area (Å²) < 4.78 is 10.9. The number of nitrogens with one attached hydrogen (secondary N) is 3. The van der Waals surface area contributed by atoms with Crippen LogP contribution in [0, 0.1) is 0 Å². The summed E-state index contributed by atoms with van der Waals surface area (Å²) in [6.07, 6.45) is 2.93. The first-order valence-electron chi connectivity index (χ1n) is 10.0. The first-order chi connectivity index (χ1) is 16.0. The number of carbonyl (C=O) groups is 2. The molecular formula is C25H23N3O4S. The van der Waals surface area contributed by atoms with E-state index in [1.54, 1.807) is 43.5 Å². The van der Waals surface area contributed by atoms with Crippen molar-refractivity contribution in [3.05, 3.63) is 102 Å². The third-order valence-corrected chi connectivity index (χ3v) is 4.65. The van der Waals surface area contributed by atoms with Crippen LogP contribution in [-0.2, 0) is 11.4 Å². The highest BCUT2D eigenvalue weighted by molar-refractivity contribution is 7.80. The lowest BCUT2D eigenvalue weighted by Crippen LogP contribution is -2.48. The number of hydrazine groups is 1. The number of benzene rings is 3. The quantitative estimate of drug-likeness (QED) is 0.283. The molecular weight excluding hydrogens is 438 g/mol. The molecule has 0 bridgehead atoms. The van der Waals surface area contributed by atoms with Crippen LogP contribution in [0.1, 0.15) is 21.5 Å². The molecule has 0 fully saturated rings.